The van der Waals surface area contributed by atoms with Crippen molar-refractivity contribution in [1.82, 2.24) is 19.9 Å². The molecule has 3 aromatic rings. The van der Waals surface area contributed by atoms with Gasteiger partial charge in [-0.1, -0.05) is 25.1 Å². The summed E-state index contributed by atoms with van der Waals surface area (Å²) in [6.45, 7) is 4.85. The topological polar surface area (TPSA) is 41.9 Å². The minimum Gasteiger partial charge on any atom is -0.294 e. The van der Waals surface area contributed by atoms with Crippen LogP contribution >= 0.6 is 0 Å². The average Bonchev–Trinajstić information content (AvgIpc) is 2.69. The van der Waals surface area contributed by atoms with E-state index in [1.807, 2.05) is 24.5 Å². The lowest BCUT2D eigenvalue weighted by Gasteiger charge is -2.28. The molecule has 1 aromatic carbocycles. The summed E-state index contributed by atoms with van der Waals surface area (Å²) >= 11 is 0. The van der Waals surface area contributed by atoms with Crippen molar-refractivity contribution in [3.05, 3.63) is 77.3 Å². The standard InChI is InChI=1S/C22H23FN4/c1-2-4-22-25-13-18-15-27(10-9-21(18)26-22)14-16-7-8-20(24-12-16)17-5-3-6-19(23)11-17/h3,5-8,11-13H,2,4,9-10,14-15H2,1H3. The quantitative estimate of drug-likeness (QED) is 0.683. The van der Waals surface area contributed by atoms with E-state index in [0.29, 0.717) is 0 Å². The second-order valence-electron chi connectivity index (χ2n) is 7.03. The molecule has 5 heteroatoms. The Morgan fingerprint density at radius 2 is 2.04 bits per heavy atom. The highest BCUT2D eigenvalue weighted by atomic mass is 19.1. The van der Waals surface area contributed by atoms with Gasteiger partial charge in [-0.2, -0.15) is 0 Å². The zero-order valence-corrected chi connectivity index (χ0v) is 15.5. The molecule has 0 fully saturated rings. The third kappa shape index (κ3) is 4.19. The van der Waals surface area contributed by atoms with Gasteiger partial charge < -0.3 is 0 Å². The Bertz CT molecular complexity index is 924. The lowest BCUT2D eigenvalue weighted by Crippen LogP contribution is -2.31. The van der Waals surface area contributed by atoms with Crippen LogP contribution in [0.1, 0.15) is 36.0 Å². The van der Waals surface area contributed by atoms with Gasteiger partial charge in [0.2, 0.25) is 0 Å². The van der Waals surface area contributed by atoms with Crippen molar-refractivity contribution in [3.8, 4) is 11.3 Å². The highest BCUT2D eigenvalue weighted by molar-refractivity contribution is 5.58. The molecule has 0 atom stereocenters. The van der Waals surface area contributed by atoms with Gasteiger partial charge in [-0.05, 0) is 30.2 Å². The molecule has 0 unspecified atom stereocenters. The smallest absolute Gasteiger partial charge is 0.128 e. The summed E-state index contributed by atoms with van der Waals surface area (Å²) in [5.41, 5.74) is 5.17. The van der Waals surface area contributed by atoms with Gasteiger partial charge in [0.05, 0.1) is 5.69 Å². The monoisotopic (exact) mass is 362 g/mol. The van der Waals surface area contributed by atoms with Crippen LogP contribution in [0.2, 0.25) is 0 Å². The van der Waals surface area contributed by atoms with Gasteiger partial charge in [-0.3, -0.25) is 9.88 Å². The Kier molecular flexibility index (Phi) is 5.21. The van der Waals surface area contributed by atoms with E-state index in [1.54, 1.807) is 6.07 Å². The fraction of sp³-hybridized carbons (Fsp3) is 0.318. The number of halogens is 1. The molecule has 0 amide bonds. The first-order valence-corrected chi connectivity index (χ1v) is 9.48. The number of aromatic nitrogens is 3. The molecule has 0 aliphatic carbocycles. The van der Waals surface area contributed by atoms with Crippen molar-refractivity contribution >= 4 is 0 Å². The first-order chi connectivity index (χ1) is 13.2. The lowest BCUT2D eigenvalue weighted by atomic mass is 10.1. The molecular weight excluding hydrogens is 339 g/mol. The van der Waals surface area contributed by atoms with Crippen molar-refractivity contribution in [1.29, 1.82) is 0 Å². The molecule has 0 N–H and O–H groups in total. The number of hydrogen-bond acceptors (Lipinski definition) is 4. The summed E-state index contributed by atoms with van der Waals surface area (Å²) in [4.78, 5) is 16.1. The predicted molar refractivity (Wildman–Crippen MR) is 103 cm³/mol. The third-order valence-electron chi connectivity index (χ3n) is 4.89. The molecule has 4 nitrogen and oxygen atoms in total. The van der Waals surface area contributed by atoms with Crippen LogP contribution in [0.5, 0.6) is 0 Å². The molecule has 0 saturated carbocycles. The van der Waals surface area contributed by atoms with E-state index in [4.69, 9.17) is 4.98 Å². The van der Waals surface area contributed by atoms with Crippen molar-refractivity contribution in [2.75, 3.05) is 6.54 Å². The Balaban J connectivity index is 1.42. The molecule has 0 bridgehead atoms. The predicted octanol–water partition coefficient (Wildman–Crippen LogP) is 4.19. The molecule has 3 heterocycles. The summed E-state index contributed by atoms with van der Waals surface area (Å²) < 4.78 is 13.4. The summed E-state index contributed by atoms with van der Waals surface area (Å²) in [6.07, 6.45) is 6.86. The normalized spacial score (nSPS) is 14.1. The Hall–Kier alpha value is -2.66. The minimum absolute atomic E-state index is 0.241. The van der Waals surface area contributed by atoms with Gasteiger partial charge in [-0.15, -0.1) is 0 Å². The Morgan fingerprint density at radius 3 is 2.81 bits per heavy atom. The van der Waals surface area contributed by atoms with Gasteiger partial charge in [0.25, 0.3) is 0 Å². The van der Waals surface area contributed by atoms with Crippen LogP contribution in [0.3, 0.4) is 0 Å². The van der Waals surface area contributed by atoms with Crippen molar-refractivity contribution in [3.63, 3.8) is 0 Å². The highest BCUT2D eigenvalue weighted by Gasteiger charge is 2.18. The van der Waals surface area contributed by atoms with Gasteiger partial charge in [0.15, 0.2) is 0 Å². The Morgan fingerprint density at radius 1 is 1.11 bits per heavy atom. The summed E-state index contributed by atoms with van der Waals surface area (Å²) in [7, 11) is 0. The number of aryl methyl sites for hydroxylation is 1. The maximum Gasteiger partial charge on any atom is 0.128 e. The number of rotatable bonds is 5. The lowest BCUT2D eigenvalue weighted by molar-refractivity contribution is 0.242. The van der Waals surface area contributed by atoms with E-state index in [9.17, 15) is 4.39 Å². The van der Waals surface area contributed by atoms with Gasteiger partial charge in [-0.25, -0.2) is 14.4 Å². The van der Waals surface area contributed by atoms with Crippen molar-refractivity contribution < 1.29 is 4.39 Å². The minimum atomic E-state index is -0.241. The zero-order valence-electron chi connectivity index (χ0n) is 15.5. The van der Waals surface area contributed by atoms with Crippen LogP contribution in [-0.2, 0) is 25.9 Å². The van der Waals surface area contributed by atoms with Crippen LogP contribution in [0, 0.1) is 5.82 Å². The average molecular weight is 362 g/mol. The van der Waals surface area contributed by atoms with E-state index in [-0.39, 0.29) is 5.82 Å². The molecule has 4 rings (SSSR count). The number of hydrogen-bond donors (Lipinski definition) is 0. The van der Waals surface area contributed by atoms with E-state index in [0.717, 1.165) is 61.5 Å². The fourth-order valence-corrected chi connectivity index (χ4v) is 3.49. The van der Waals surface area contributed by atoms with Crippen LogP contribution < -0.4 is 0 Å². The molecular formula is C22H23FN4. The van der Waals surface area contributed by atoms with Crippen molar-refractivity contribution in [2.24, 2.45) is 0 Å². The zero-order chi connectivity index (χ0) is 18.6. The molecule has 0 saturated heterocycles. The molecule has 1 aliphatic heterocycles. The first-order valence-electron chi connectivity index (χ1n) is 9.48. The molecule has 2 aromatic heterocycles. The molecule has 1 aliphatic rings. The molecule has 27 heavy (non-hydrogen) atoms. The number of nitrogens with zero attached hydrogens (tertiary/aromatic N) is 4. The SMILES string of the molecule is CCCc1ncc2c(n1)CCN(Cc1ccc(-c3cccc(F)c3)nc1)C2. The van der Waals surface area contributed by atoms with Crippen LogP contribution in [-0.4, -0.2) is 26.4 Å². The number of pyridine rings is 1. The second kappa shape index (κ2) is 7.92. The number of benzene rings is 1. The molecule has 0 spiro atoms. The van der Waals surface area contributed by atoms with Gasteiger partial charge in [0, 0.05) is 61.7 Å². The third-order valence-corrected chi connectivity index (χ3v) is 4.89. The van der Waals surface area contributed by atoms with E-state index in [2.05, 4.69) is 27.9 Å². The van der Waals surface area contributed by atoms with E-state index >= 15 is 0 Å². The highest BCUT2D eigenvalue weighted by Crippen LogP contribution is 2.21. The molecule has 138 valence electrons. The molecule has 0 radical (unpaired) electrons. The van der Waals surface area contributed by atoms with Gasteiger partial charge >= 0.3 is 0 Å². The maximum absolute atomic E-state index is 13.4. The summed E-state index contributed by atoms with van der Waals surface area (Å²) in [6, 6.07) is 10.6. The second-order valence-corrected chi connectivity index (χ2v) is 7.03. The van der Waals surface area contributed by atoms with Crippen LogP contribution in [0.15, 0.2) is 48.8 Å². The van der Waals surface area contributed by atoms with Crippen LogP contribution in [0.25, 0.3) is 11.3 Å². The van der Waals surface area contributed by atoms with E-state index in [1.165, 1.54) is 23.4 Å². The van der Waals surface area contributed by atoms with Crippen molar-refractivity contribution in [2.45, 2.75) is 39.3 Å². The van der Waals surface area contributed by atoms with Crippen LogP contribution in [0.4, 0.5) is 4.39 Å². The first kappa shape index (κ1) is 17.7. The number of fused-ring (bicyclic) bond motifs is 1. The Labute approximate surface area is 159 Å². The largest absolute Gasteiger partial charge is 0.294 e. The van der Waals surface area contributed by atoms with E-state index < -0.39 is 0 Å². The summed E-state index contributed by atoms with van der Waals surface area (Å²) in [5, 5.41) is 0. The fourth-order valence-electron chi connectivity index (χ4n) is 3.49. The maximum atomic E-state index is 13.4. The van der Waals surface area contributed by atoms with Gasteiger partial charge in [0.1, 0.15) is 11.6 Å². The summed E-state index contributed by atoms with van der Waals surface area (Å²) in [5.74, 6) is 0.719.